The second-order valence-corrected chi connectivity index (χ2v) is 5.76. The van der Waals surface area contributed by atoms with Crippen LogP contribution in [0.15, 0.2) is 47.5 Å². The molecule has 0 fully saturated rings. The van der Waals surface area contributed by atoms with Gasteiger partial charge in [-0.2, -0.15) is 0 Å². The molecule has 4 N–H and O–H groups in total. The van der Waals surface area contributed by atoms with E-state index < -0.39 is 0 Å². The van der Waals surface area contributed by atoms with Crippen LogP contribution < -0.4 is 16.4 Å². The van der Waals surface area contributed by atoms with Gasteiger partial charge in [-0.15, -0.1) is 0 Å². The molecule has 0 aliphatic rings. The van der Waals surface area contributed by atoms with E-state index in [2.05, 4.69) is 21.7 Å². The molecule has 0 bridgehead atoms. The molecule has 0 aromatic heterocycles. The molecule has 24 heavy (non-hydrogen) atoms. The van der Waals surface area contributed by atoms with Crippen molar-refractivity contribution in [3.8, 4) is 0 Å². The van der Waals surface area contributed by atoms with Crippen LogP contribution in [0.5, 0.6) is 0 Å². The topological polar surface area (TPSA) is 79.5 Å². The average Bonchev–Trinajstić information content (AvgIpc) is 2.52. The number of aryl methyl sites for hydroxylation is 2. The number of nitrogens with two attached hydrogens (primary N) is 1. The van der Waals surface area contributed by atoms with Gasteiger partial charge in [-0.05, 0) is 61.7 Å². The lowest BCUT2D eigenvalue weighted by Crippen LogP contribution is -2.23. The SMILES string of the molecule is CCNC(=O)c1cccc(CN=C(N)Nc2cc(C)cc(C)c2)c1. The van der Waals surface area contributed by atoms with Crippen LogP contribution >= 0.6 is 0 Å². The Morgan fingerprint density at radius 1 is 1.12 bits per heavy atom. The van der Waals surface area contributed by atoms with E-state index in [-0.39, 0.29) is 5.91 Å². The summed E-state index contributed by atoms with van der Waals surface area (Å²) in [7, 11) is 0. The normalized spacial score (nSPS) is 11.2. The summed E-state index contributed by atoms with van der Waals surface area (Å²) in [5.41, 5.74) is 10.8. The van der Waals surface area contributed by atoms with E-state index in [1.807, 2.05) is 51.1 Å². The number of nitrogens with one attached hydrogen (secondary N) is 2. The summed E-state index contributed by atoms with van der Waals surface area (Å²) in [5, 5.41) is 5.89. The third-order valence-electron chi connectivity index (χ3n) is 3.45. The highest BCUT2D eigenvalue weighted by Gasteiger charge is 2.04. The summed E-state index contributed by atoms with van der Waals surface area (Å²) in [5.74, 6) is 0.271. The first kappa shape index (κ1) is 17.5. The minimum absolute atomic E-state index is 0.0790. The molecule has 0 spiro atoms. The van der Waals surface area contributed by atoms with E-state index in [9.17, 15) is 4.79 Å². The Hall–Kier alpha value is -2.82. The van der Waals surface area contributed by atoms with Crippen molar-refractivity contribution < 1.29 is 4.79 Å². The summed E-state index contributed by atoms with van der Waals surface area (Å²) in [6.45, 7) is 6.99. The summed E-state index contributed by atoms with van der Waals surface area (Å²) in [6, 6.07) is 13.5. The van der Waals surface area contributed by atoms with Gasteiger partial charge in [-0.3, -0.25) is 4.79 Å². The number of benzene rings is 2. The van der Waals surface area contributed by atoms with E-state index >= 15 is 0 Å². The molecule has 0 heterocycles. The van der Waals surface area contributed by atoms with Crippen LogP contribution in [0.4, 0.5) is 5.69 Å². The second-order valence-electron chi connectivity index (χ2n) is 5.76. The predicted octanol–water partition coefficient (Wildman–Crippen LogP) is 2.98. The molecule has 0 radical (unpaired) electrons. The lowest BCUT2D eigenvalue weighted by molar-refractivity contribution is 0.0955. The lowest BCUT2D eigenvalue weighted by Gasteiger charge is -2.08. The molecule has 5 nitrogen and oxygen atoms in total. The molecule has 2 aromatic rings. The van der Waals surface area contributed by atoms with E-state index in [1.54, 1.807) is 6.07 Å². The molecule has 0 aliphatic heterocycles. The van der Waals surface area contributed by atoms with E-state index in [4.69, 9.17) is 5.73 Å². The Morgan fingerprint density at radius 3 is 2.50 bits per heavy atom. The van der Waals surface area contributed by atoms with Gasteiger partial charge < -0.3 is 16.4 Å². The third-order valence-corrected chi connectivity index (χ3v) is 3.45. The van der Waals surface area contributed by atoms with Crippen LogP contribution in [0.3, 0.4) is 0 Å². The molecular weight excluding hydrogens is 300 g/mol. The number of nitrogens with zero attached hydrogens (tertiary/aromatic N) is 1. The number of hydrogen-bond acceptors (Lipinski definition) is 2. The van der Waals surface area contributed by atoms with Crippen LogP contribution in [0.1, 0.15) is 34.0 Å². The molecular formula is C19H24N4O. The van der Waals surface area contributed by atoms with Crippen LogP contribution in [0.25, 0.3) is 0 Å². The smallest absolute Gasteiger partial charge is 0.251 e. The number of carbonyl (C=O) groups is 1. The van der Waals surface area contributed by atoms with E-state index in [0.29, 0.717) is 24.6 Å². The Kier molecular flexibility index (Phi) is 5.95. The monoisotopic (exact) mass is 324 g/mol. The molecule has 0 atom stereocenters. The van der Waals surface area contributed by atoms with Gasteiger partial charge in [0.05, 0.1) is 6.54 Å². The zero-order valence-electron chi connectivity index (χ0n) is 14.4. The van der Waals surface area contributed by atoms with Crippen molar-refractivity contribution in [3.05, 3.63) is 64.7 Å². The van der Waals surface area contributed by atoms with Crippen molar-refractivity contribution in [2.75, 3.05) is 11.9 Å². The average molecular weight is 324 g/mol. The van der Waals surface area contributed by atoms with Crippen LogP contribution in [0, 0.1) is 13.8 Å². The Bertz CT molecular complexity index is 733. The Labute approximate surface area is 143 Å². The van der Waals surface area contributed by atoms with Gasteiger partial charge in [0.15, 0.2) is 5.96 Å². The first-order chi connectivity index (χ1) is 11.5. The number of guanidine groups is 1. The Morgan fingerprint density at radius 2 is 1.83 bits per heavy atom. The fourth-order valence-electron chi connectivity index (χ4n) is 2.48. The van der Waals surface area contributed by atoms with Crippen molar-refractivity contribution in [2.45, 2.75) is 27.3 Å². The molecule has 0 saturated heterocycles. The highest BCUT2D eigenvalue weighted by molar-refractivity contribution is 5.94. The van der Waals surface area contributed by atoms with Gasteiger partial charge >= 0.3 is 0 Å². The molecule has 1 amide bonds. The maximum atomic E-state index is 11.9. The van der Waals surface area contributed by atoms with Gasteiger partial charge in [0.1, 0.15) is 0 Å². The number of rotatable bonds is 5. The maximum absolute atomic E-state index is 11.9. The standard InChI is InChI=1S/C19H24N4O/c1-4-21-18(24)16-7-5-6-15(11-16)12-22-19(20)23-17-9-13(2)8-14(3)10-17/h5-11H,4,12H2,1-3H3,(H,21,24)(H3,20,22,23). The van der Waals surface area contributed by atoms with Crippen molar-refractivity contribution in [3.63, 3.8) is 0 Å². The largest absolute Gasteiger partial charge is 0.370 e. The van der Waals surface area contributed by atoms with Crippen LogP contribution in [0.2, 0.25) is 0 Å². The highest BCUT2D eigenvalue weighted by Crippen LogP contribution is 2.13. The third kappa shape index (κ3) is 5.12. The zero-order chi connectivity index (χ0) is 17.5. The van der Waals surface area contributed by atoms with Crippen LogP contribution in [-0.2, 0) is 6.54 Å². The minimum atomic E-state index is -0.0790. The van der Waals surface area contributed by atoms with Gasteiger partial charge in [0.2, 0.25) is 0 Å². The van der Waals surface area contributed by atoms with Crippen molar-refractivity contribution >= 4 is 17.6 Å². The molecule has 0 aliphatic carbocycles. The van der Waals surface area contributed by atoms with Crippen LogP contribution in [-0.4, -0.2) is 18.4 Å². The fourth-order valence-corrected chi connectivity index (χ4v) is 2.48. The van der Waals surface area contributed by atoms with E-state index in [1.165, 1.54) is 11.1 Å². The maximum Gasteiger partial charge on any atom is 0.251 e. The van der Waals surface area contributed by atoms with Crippen molar-refractivity contribution in [1.82, 2.24) is 5.32 Å². The summed E-state index contributed by atoms with van der Waals surface area (Å²) in [4.78, 5) is 16.2. The number of amides is 1. The zero-order valence-corrected chi connectivity index (χ0v) is 14.4. The molecule has 2 aromatic carbocycles. The molecule has 0 saturated carbocycles. The molecule has 0 unspecified atom stereocenters. The molecule has 126 valence electrons. The predicted molar refractivity (Wildman–Crippen MR) is 99.3 cm³/mol. The van der Waals surface area contributed by atoms with Gasteiger partial charge in [0.25, 0.3) is 5.91 Å². The van der Waals surface area contributed by atoms with Crippen molar-refractivity contribution in [1.29, 1.82) is 0 Å². The number of aliphatic imine (C=N–C) groups is 1. The second kappa shape index (κ2) is 8.15. The van der Waals surface area contributed by atoms with Gasteiger partial charge in [0, 0.05) is 17.8 Å². The van der Waals surface area contributed by atoms with E-state index in [0.717, 1.165) is 11.3 Å². The molecule has 5 heteroatoms. The quantitative estimate of drug-likeness (QED) is 0.584. The number of hydrogen-bond donors (Lipinski definition) is 3. The Balaban J connectivity index is 2.04. The summed E-state index contributed by atoms with van der Waals surface area (Å²) < 4.78 is 0. The summed E-state index contributed by atoms with van der Waals surface area (Å²) in [6.07, 6.45) is 0. The summed E-state index contributed by atoms with van der Waals surface area (Å²) >= 11 is 0. The number of carbonyl (C=O) groups excluding carboxylic acids is 1. The first-order valence-electron chi connectivity index (χ1n) is 8.00. The van der Waals surface area contributed by atoms with Gasteiger partial charge in [-0.1, -0.05) is 18.2 Å². The fraction of sp³-hybridized carbons (Fsp3) is 0.263. The first-order valence-corrected chi connectivity index (χ1v) is 8.00. The molecule has 2 rings (SSSR count). The minimum Gasteiger partial charge on any atom is -0.370 e. The highest BCUT2D eigenvalue weighted by atomic mass is 16.1. The number of anilines is 1. The van der Waals surface area contributed by atoms with Crippen molar-refractivity contribution in [2.24, 2.45) is 10.7 Å². The van der Waals surface area contributed by atoms with Gasteiger partial charge in [-0.25, -0.2) is 4.99 Å². The lowest BCUT2D eigenvalue weighted by atomic mass is 10.1.